The molecule has 1 aromatic rings. The fourth-order valence-corrected chi connectivity index (χ4v) is 1.60. The molecule has 0 unspecified atom stereocenters. The summed E-state index contributed by atoms with van der Waals surface area (Å²) in [5, 5.41) is 0. The minimum absolute atomic E-state index is 0.292. The van der Waals surface area contributed by atoms with Gasteiger partial charge in [0.2, 0.25) is 5.76 Å². The first kappa shape index (κ1) is 13.8. The molecule has 0 saturated carbocycles. The molecule has 4 heteroatoms. The molecule has 0 amide bonds. The number of hydrogen-bond acceptors (Lipinski definition) is 3. The van der Waals surface area contributed by atoms with Gasteiger partial charge in [-0.3, -0.25) is 0 Å². The van der Waals surface area contributed by atoms with Crippen LogP contribution >= 0.6 is 0 Å². The number of rotatable bonds is 6. The quantitative estimate of drug-likeness (QED) is 0.566. The van der Waals surface area contributed by atoms with Gasteiger partial charge in [-0.15, -0.1) is 0 Å². The highest BCUT2D eigenvalue weighted by molar-refractivity contribution is 5.86. The SMILES string of the molecule is CCOC(=O)c1ccc(C[N+](C)(CC)CC)o1. The first-order chi connectivity index (χ1) is 8.04. The molecule has 0 bridgehead atoms. The van der Waals surface area contributed by atoms with E-state index in [2.05, 4.69) is 20.9 Å². The number of quaternary nitrogens is 1. The summed E-state index contributed by atoms with van der Waals surface area (Å²) in [7, 11) is 2.17. The van der Waals surface area contributed by atoms with Crippen LogP contribution in [0.1, 0.15) is 37.1 Å². The molecule has 0 saturated heterocycles. The van der Waals surface area contributed by atoms with E-state index in [-0.39, 0.29) is 5.97 Å². The molecule has 4 nitrogen and oxygen atoms in total. The van der Waals surface area contributed by atoms with Crippen LogP contribution in [0.15, 0.2) is 16.5 Å². The molecule has 1 rings (SSSR count). The van der Waals surface area contributed by atoms with Crippen LogP contribution in [0.2, 0.25) is 0 Å². The molecule has 0 aliphatic heterocycles. The number of carbonyl (C=O) groups is 1. The topological polar surface area (TPSA) is 39.4 Å². The van der Waals surface area contributed by atoms with Crippen LogP contribution in [0.25, 0.3) is 0 Å². The highest BCUT2D eigenvalue weighted by Crippen LogP contribution is 2.15. The summed E-state index contributed by atoms with van der Waals surface area (Å²) in [4.78, 5) is 11.4. The monoisotopic (exact) mass is 240 g/mol. The van der Waals surface area contributed by atoms with Gasteiger partial charge in [-0.1, -0.05) is 0 Å². The van der Waals surface area contributed by atoms with Crippen LogP contribution in [-0.2, 0) is 11.3 Å². The zero-order valence-corrected chi connectivity index (χ0v) is 11.2. The van der Waals surface area contributed by atoms with Crippen molar-refractivity contribution in [2.24, 2.45) is 0 Å². The molecule has 17 heavy (non-hydrogen) atoms. The van der Waals surface area contributed by atoms with Gasteiger partial charge in [-0.05, 0) is 32.9 Å². The van der Waals surface area contributed by atoms with Gasteiger partial charge in [0, 0.05) is 0 Å². The second-order valence-corrected chi connectivity index (χ2v) is 4.40. The van der Waals surface area contributed by atoms with Crippen molar-refractivity contribution in [3.8, 4) is 0 Å². The summed E-state index contributed by atoms with van der Waals surface area (Å²) in [5.74, 6) is 0.737. The van der Waals surface area contributed by atoms with E-state index in [9.17, 15) is 4.79 Å². The van der Waals surface area contributed by atoms with Crippen molar-refractivity contribution in [2.75, 3.05) is 26.7 Å². The minimum Gasteiger partial charge on any atom is -0.460 e. The molecular formula is C13H22NO3+. The third-order valence-corrected chi connectivity index (χ3v) is 3.20. The molecular weight excluding hydrogens is 218 g/mol. The smallest absolute Gasteiger partial charge is 0.374 e. The van der Waals surface area contributed by atoms with Gasteiger partial charge in [0.05, 0.1) is 26.7 Å². The van der Waals surface area contributed by atoms with Crippen LogP contribution in [0.4, 0.5) is 0 Å². The van der Waals surface area contributed by atoms with Crippen LogP contribution < -0.4 is 0 Å². The second kappa shape index (κ2) is 5.87. The van der Waals surface area contributed by atoms with E-state index >= 15 is 0 Å². The van der Waals surface area contributed by atoms with E-state index in [0.29, 0.717) is 12.4 Å². The number of esters is 1. The lowest BCUT2D eigenvalue weighted by Crippen LogP contribution is -2.42. The molecule has 0 fully saturated rings. The Morgan fingerprint density at radius 1 is 1.29 bits per heavy atom. The third kappa shape index (κ3) is 3.60. The third-order valence-electron chi connectivity index (χ3n) is 3.20. The summed E-state index contributed by atoms with van der Waals surface area (Å²) in [6.45, 7) is 9.32. The van der Waals surface area contributed by atoms with Gasteiger partial charge in [-0.2, -0.15) is 0 Å². The summed E-state index contributed by atoms with van der Waals surface area (Å²) < 4.78 is 11.3. The predicted octanol–water partition coefficient (Wildman–Crippen LogP) is 2.44. The van der Waals surface area contributed by atoms with Crippen LogP contribution in [0.3, 0.4) is 0 Å². The van der Waals surface area contributed by atoms with Crippen LogP contribution in [0.5, 0.6) is 0 Å². The van der Waals surface area contributed by atoms with Crippen molar-refractivity contribution in [3.63, 3.8) is 0 Å². The van der Waals surface area contributed by atoms with Gasteiger partial charge >= 0.3 is 5.97 Å². The van der Waals surface area contributed by atoms with Gasteiger partial charge in [0.15, 0.2) is 5.76 Å². The van der Waals surface area contributed by atoms with E-state index in [0.717, 1.165) is 29.9 Å². The Bertz CT molecular complexity index is 366. The van der Waals surface area contributed by atoms with E-state index in [4.69, 9.17) is 9.15 Å². The highest BCUT2D eigenvalue weighted by atomic mass is 16.5. The number of ether oxygens (including phenoxy) is 1. The predicted molar refractivity (Wildman–Crippen MR) is 65.6 cm³/mol. The molecule has 0 aliphatic rings. The maximum Gasteiger partial charge on any atom is 0.374 e. The number of furan rings is 1. The van der Waals surface area contributed by atoms with Crippen LogP contribution in [0, 0.1) is 0 Å². The lowest BCUT2D eigenvalue weighted by molar-refractivity contribution is -0.920. The Morgan fingerprint density at radius 2 is 1.94 bits per heavy atom. The molecule has 96 valence electrons. The summed E-state index contributed by atoms with van der Waals surface area (Å²) in [6, 6.07) is 3.54. The first-order valence-electron chi connectivity index (χ1n) is 6.14. The average Bonchev–Trinajstić information content (AvgIpc) is 2.77. The van der Waals surface area contributed by atoms with Gasteiger partial charge in [0.1, 0.15) is 6.54 Å². The summed E-state index contributed by atoms with van der Waals surface area (Å²) in [6.07, 6.45) is 0. The fraction of sp³-hybridized carbons (Fsp3) is 0.615. The Morgan fingerprint density at radius 3 is 2.47 bits per heavy atom. The maximum atomic E-state index is 11.4. The molecule has 1 heterocycles. The van der Waals surface area contributed by atoms with E-state index in [1.165, 1.54) is 0 Å². The van der Waals surface area contributed by atoms with E-state index < -0.39 is 0 Å². The molecule has 0 atom stereocenters. The summed E-state index contributed by atoms with van der Waals surface area (Å²) >= 11 is 0. The van der Waals surface area contributed by atoms with Crippen LogP contribution in [-0.4, -0.2) is 37.2 Å². The molecule has 0 aliphatic carbocycles. The molecule has 0 N–H and O–H groups in total. The average molecular weight is 240 g/mol. The minimum atomic E-state index is -0.388. The Balaban J connectivity index is 2.71. The van der Waals surface area contributed by atoms with Crippen molar-refractivity contribution in [3.05, 3.63) is 23.7 Å². The fourth-order valence-electron chi connectivity index (χ4n) is 1.60. The second-order valence-electron chi connectivity index (χ2n) is 4.40. The number of carbonyl (C=O) groups excluding carboxylic acids is 1. The lowest BCUT2D eigenvalue weighted by atomic mass is 10.3. The van der Waals surface area contributed by atoms with E-state index in [1.807, 2.05) is 6.07 Å². The van der Waals surface area contributed by atoms with Crippen molar-refractivity contribution in [1.82, 2.24) is 0 Å². The zero-order valence-electron chi connectivity index (χ0n) is 11.2. The maximum absolute atomic E-state index is 11.4. The van der Waals surface area contributed by atoms with Gasteiger partial charge < -0.3 is 13.6 Å². The van der Waals surface area contributed by atoms with E-state index in [1.54, 1.807) is 13.0 Å². The highest BCUT2D eigenvalue weighted by Gasteiger charge is 2.21. The zero-order chi connectivity index (χ0) is 12.9. The molecule has 0 aromatic carbocycles. The van der Waals surface area contributed by atoms with Crippen molar-refractivity contribution < 1.29 is 18.4 Å². The summed E-state index contributed by atoms with van der Waals surface area (Å²) in [5.41, 5.74) is 0. The lowest BCUT2D eigenvalue weighted by Gasteiger charge is -2.30. The standard InChI is InChI=1S/C13H22NO3/c1-5-14(4,6-2)10-11-8-9-12(17-11)13(15)16-7-3/h8-9H,5-7,10H2,1-4H3/q+1. The molecule has 1 aromatic heterocycles. The Hall–Kier alpha value is -1.29. The largest absolute Gasteiger partial charge is 0.460 e. The molecule has 0 radical (unpaired) electrons. The number of nitrogens with zero attached hydrogens (tertiary/aromatic N) is 1. The van der Waals surface area contributed by atoms with Crippen molar-refractivity contribution in [1.29, 1.82) is 0 Å². The normalized spacial score (nSPS) is 11.5. The van der Waals surface area contributed by atoms with Crippen molar-refractivity contribution in [2.45, 2.75) is 27.3 Å². The Labute approximate surface area is 103 Å². The Kier molecular flexibility index (Phi) is 4.75. The van der Waals surface area contributed by atoms with Gasteiger partial charge in [0.25, 0.3) is 0 Å². The van der Waals surface area contributed by atoms with Crippen molar-refractivity contribution >= 4 is 5.97 Å². The van der Waals surface area contributed by atoms with Gasteiger partial charge in [-0.25, -0.2) is 4.79 Å². The molecule has 0 spiro atoms. The first-order valence-corrected chi connectivity index (χ1v) is 6.14. The number of hydrogen-bond donors (Lipinski definition) is 0.